The van der Waals surface area contributed by atoms with Gasteiger partial charge in [-0.2, -0.15) is 5.10 Å². The van der Waals surface area contributed by atoms with Crippen LogP contribution in [0.25, 0.3) is 10.8 Å². The summed E-state index contributed by atoms with van der Waals surface area (Å²) in [6.45, 7) is 14.1. The molecule has 0 aliphatic carbocycles. The van der Waals surface area contributed by atoms with E-state index in [2.05, 4.69) is 5.10 Å². The minimum absolute atomic E-state index is 0.00941. The van der Waals surface area contributed by atoms with E-state index in [0.29, 0.717) is 36.8 Å². The lowest BCUT2D eigenvalue weighted by molar-refractivity contribution is 0.00578. The van der Waals surface area contributed by atoms with E-state index in [1.54, 1.807) is 11.0 Å². The molecule has 2 aliphatic rings. The smallest absolute Gasteiger partial charge is 0.444 e. The fraction of sp³-hybridized carbons (Fsp3) is 0.625. The van der Waals surface area contributed by atoms with Crippen LogP contribution < -0.4 is 11.0 Å². The van der Waals surface area contributed by atoms with Gasteiger partial charge in [0.05, 0.1) is 28.8 Å². The average molecular weight is 473 g/mol. The van der Waals surface area contributed by atoms with Gasteiger partial charge in [-0.1, -0.05) is 6.07 Å². The maximum Gasteiger partial charge on any atom is 0.494 e. The van der Waals surface area contributed by atoms with E-state index in [1.807, 2.05) is 48.5 Å². The molecule has 184 valence electrons. The quantitative estimate of drug-likeness (QED) is 0.622. The van der Waals surface area contributed by atoms with Gasteiger partial charge in [0.2, 0.25) is 0 Å². The van der Waals surface area contributed by atoms with Crippen LogP contribution in [0.1, 0.15) is 67.3 Å². The Morgan fingerprint density at radius 1 is 1.15 bits per heavy atom. The van der Waals surface area contributed by atoms with Crippen LogP contribution in [0.5, 0.6) is 0 Å². The van der Waals surface area contributed by atoms with Gasteiger partial charge >= 0.3 is 13.2 Å². The Morgan fingerprint density at radius 3 is 2.29 bits per heavy atom. The molecule has 10 heteroatoms. The fourth-order valence-corrected chi connectivity index (χ4v) is 4.26. The Balaban J connectivity index is 1.55. The van der Waals surface area contributed by atoms with Crippen molar-refractivity contribution in [3.8, 4) is 0 Å². The first-order valence-corrected chi connectivity index (χ1v) is 11.7. The first-order chi connectivity index (χ1) is 15.7. The zero-order valence-electron chi connectivity index (χ0n) is 21.0. The molecule has 0 atom stereocenters. The SMILES string of the molecule is CC(C)(C)OC(=O)N1CCC(n2ncc3cc(B4OC(C)(C)C(C)(C)O4)cc(F)c3c2=O)CC1. The molecule has 0 N–H and O–H groups in total. The molecule has 0 radical (unpaired) electrons. The highest BCUT2D eigenvalue weighted by Gasteiger charge is 2.51. The predicted molar refractivity (Wildman–Crippen MR) is 128 cm³/mol. The van der Waals surface area contributed by atoms with Crippen LogP contribution in [0.4, 0.5) is 9.18 Å². The summed E-state index contributed by atoms with van der Waals surface area (Å²) >= 11 is 0. The normalized spacial score (nSPS) is 20.7. The van der Waals surface area contributed by atoms with Gasteiger partial charge in [0, 0.05) is 18.5 Å². The number of ether oxygens (including phenoxy) is 1. The van der Waals surface area contributed by atoms with E-state index >= 15 is 4.39 Å². The summed E-state index contributed by atoms with van der Waals surface area (Å²) in [7, 11) is -0.733. The number of carbonyl (C=O) groups is 1. The van der Waals surface area contributed by atoms with Crippen LogP contribution >= 0.6 is 0 Å². The van der Waals surface area contributed by atoms with Crippen LogP contribution in [0.2, 0.25) is 0 Å². The number of hydrogen-bond acceptors (Lipinski definition) is 6. The summed E-state index contributed by atoms with van der Waals surface area (Å²) in [6.07, 6.45) is 2.21. The van der Waals surface area contributed by atoms with Crippen molar-refractivity contribution < 1.29 is 23.2 Å². The number of carbonyl (C=O) groups excluding carboxylic acids is 1. The van der Waals surface area contributed by atoms with E-state index < -0.39 is 35.3 Å². The minimum Gasteiger partial charge on any atom is -0.444 e. The molecule has 1 aromatic carbocycles. The molecule has 2 aromatic rings. The number of aromatic nitrogens is 2. The number of nitrogens with zero attached hydrogens (tertiary/aromatic N) is 3. The third-order valence-electron chi connectivity index (χ3n) is 6.87. The second-order valence-electron chi connectivity index (χ2n) is 11.1. The zero-order chi connectivity index (χ0) is 25.1. The molecule has 8 nitrogen and oxygen atoms in total. The van der Waals surface area contributed by atoms with E-state index in [-0.39, 0.29) is 17.5 Å². The van der Waals surface area contributed by atoms with Gasteiger partial charge in [-0.15, -0.1) is 0 Å². The molecule has 34 heavy (non-hydrogen) atoms. The molecule has 2 fully saturated rings. The van der Waals surface area contributed by atoms with Gasteiger partial charge in [0.1, 0.15) is 11.4 Å². The molecule has 4 rings (SSSR count). The van der Waals surface area contributed by atoms with Crippen LogP contribution in [-0.4, -0.2) is 57.8 Å². The molecule has 0 bridgehead atoms. The molecule has 3 heterocycles. The first kappa shape index (κ1) is 24.7. The highest BCUT2D eigenvalue weighted by molar-refractivity contribution is 6.62. The van der Waals surface area contributed by atoms with Crippen molar-refractivity contribution in [1.82, 2.24) is 14.7 Å². The van der Waals surface area contributed by atoms with Gasteiger partial charge in [0.25, 0.3) is 5.56 Å². The lowest BCUT2D eigenvalue weighted by Gasteiger charge is -2.33. The van der Waals surface area contributed by atoms with Crippen molar-refractivity contribution in [3.05, 3.63) is 34.5 Å². The van der Waals surface area contributed by atoms with Gasteiger partial charge in [-0.05, 0) is 72.8 Å². The zero-order valence-corrected chi connectivity index (χ0v) is 21.0. The van der Waals surface area contributed by atoms with E-state index in [0.717, 1.165) is 0 Å². The Bertz CT molecular complexity index is 1150. The summed E-state index contributed by atoms with van der Waals surface area (Å²) < 4.78 is 34.0. The second kappa shape index (κ2) is 8.34. The van der Waals surface area contributed by atoms with Crippen LogP contribution in [0, 0.1) is 5.82 Å². The summed E-state index contributed by atoms with van der Waals surface area (Å²) in [5.74, 6) is -0.630. The Morgan fingerprint density at radius 2 is 1.74 bits per heavy atom. The van der Waals surface area contributed by atoms with Crippen molar-refractivity contribution in [2.75, 3.05) is 13.1 Å². The van der Waals surface area contributed by atoms with E-state index in [9.17, 15) is 9.59 Å². The first-order valence-electron chi connectivity index (χ1n) is 11.7. The minimum atomic E-state index is -0.733. The third-order valence-corrected chi connectivity index (χ3v) is 6.87. The Kier molecular flexibility index (Phi) is 6.05. The maximum absolute atomic E-state index is 15.2. The fourth-order valence-electron chi connectivity index (χ4n) is 4.26. The average Bonchev–Trinajstić information content (AvgIpc) is 2.94. The maximum atomic E-state index is 15.2. The number of fused-ring (bicyclic) bond motifs is 1. The molecular weight excluding hydrogens is 440 g/mol. The number of likely N-dealkylation sites (tertiary alicyclic amines) is 1. The van der Waals surface area contributed by atoms with Crippen LogP contribution in [0.3, 0.4) is 0 Å². The number of benzene rings is 1. The predicted octanol–water partition coefficient (Wildman–Crippen LogP) is 3.41. The number of rotatable bonds is 2. The topological polar surface area (TPSA) is 82.9 Å². The van der Waals surface area contributed by atoms with Gasteiger partial charge in [0.15, 0.2) is 0 Å². The molecular formula is C24H33BFN3O5. The largest absolute Gasteiger partial charge is 0.494 e. The van der Waals surface area contributed by atoms with Crippen LogP contribution in [0.15, 0.2) is 23.1 Å². The van der Waals surface area contributed by atoms with Gasteiger partial charge < -0.3 is 18.9 Å². The van der Waals surface area contributed by atoms with Crippen molar-refractivity contribution in [2.24, 2.45) is 0 Å². The van der Waals surface area contributed by atoms with E-state index in [4.69, 9.17) is 14.0 Å². The standard InChI is InChI=1S/C24H33BFN3O5/c1-22(2,3)32-21(31)28-10-8-17(9-11-28)29-20(30)19-15(14-27-29)12-16(13-18(19)26)25-33-23(4,5)24(6,7)34-25/h12-14,17H,8-11H2,1-7H3. The highest BCUT2D eigenvalue weighted by Crippen LogP contribution is 2.36. The van der Waals surface area contributed by atoms with Crippen LogP contribution in [-0.2, 0) is 14.0 Å². The highest BCUT2D eigenvalue weighted by atomic mass is 19.1. The molecule has 0 spiro atoms. The summed E-state index contributed by atoms with van der Waals surface area (Å²) in [5.41, 5.74) is -1.65. The molecule has 0 saturated carbocycles. The number of hydrogen-bond donors (Lipinski definition) is 0. The number of halogens is 1. The summed E-state index contributed by atoms with van der Waals surface area (Å²) in [6, 6.07) is 2.78. The monoisotopic (exact) mass is 473 g/mol. The second-order valence-corrected chi connectivity index (χ2v) is 11.1. The molecule has 1 aromatic heterocycles. The summed E-state index contributed by atoms with van der Waals surface area (Å²) in [5, 5.41) is 4.74. The van der Waals surface area contributed by atoms with Crippen molar-refractivity contribution in [3.63, 3.8) is 0 Å². The molecule has 2 saturated heterocycles. The van der Waals surface area contributed by atoms with Crippen molar-refractivity contribution >= 4 is 29.4 Å². The number of amides is 1. The van der Waals surface area contributed by atoms with Crippen molar-refractivity contribution in [1.29, 1.82) is 0 Å². The Hall–Kier alpha value is -2.46. The molecule has 0 unspecified atom stereocenters. The van der Waals surface area contributed by atoms with E-state index in [1.165, 1.54) is 16.9 Å². The lowest BCUT2D eigenvalue weighted by atomic mass is 9.78. The third kappa shape index (κ3) is 4.57. The van der Waals surface area contributed by atoms with Gasteiger partial charge in [-0.3, -0.25) is 4.79 Å². The molecule has 1 amide bonds. The number of piperidine rings is 1. The lowest BCUT2D eigenvalue weighted by Crippen LogP contribution is -2.43. The van der Waals surface area contributed by atoms with Crippen molar-refractivity contribution in [2.45, 2.75) is 84.2 Å². The van der Waals surface area contributed by atoms with Gasteiger partial charge in [-0.25, -0.2) is 13.9 Å². The Labute approximate surface area is 199 Å². The summed E-state index contributed by atoms with van der Waals surface area (Å²) in [4.78, 5) is 27.1. The molecule has 2 aliphatic heterocycles.